The van der Waals surface area contributed by atoms with Crippen LogP contribution in [0.2, 0.25) is 0 Å². The third-order valence-corrected chi connectivity index (χ3v) is 4.76. The van der Waals surface area contributed by atoms with Gasteiger partial charge < -0.3 is 15.3 Å². The molecular formula is C17H28N6O2. The Morgan fingerprint density at radius 2 is 2.08 bits per heavy atom. The smallest absolute Gasteiger partial charge is 0.263 e. The maximum absolute atomic E-state index is 12.3. The van der Waals surface area contributed by atoms with Gasteiger partial charge in [0.15, 0.2) is 5.65 Å². The molecular weight excluding hydrogens is 320 g/mol. The van der Waals surface area contributed by atoms with E-state index in [0.717, 1.165) is 39.0 Å². The van der Waals surface area contributed by atoms with E-state index in [1.54, 1.807) is 10.9 Å². The number of aromatic amines is 1. The van der Waals surface area contributed by atoms with Crippen molar-refractivity contribution in [3.05, 3.63) is 16.6 Å². The first-order valence-corrected chi connectivity index (χ1v) is 8.94. The van der Waals surface area contributed by atoms with Crippen molar-refractivity contribution in [2.24, 2.45) is 5.92 Å². The van der Waals surface area contributed by atoms with Crippen LogP contribution in [0.1, 0.15) is 33.6 Å². The van der Waals surface area contributed by atoms with Gasteiger partial charge in [-0.25, -0.2) is 4.68 Å². The number of aliphatic hydroxyl groups excluding tert-OH is 1. The maximum atomic E-state index is 12.3. The number of β-amino-alcohol motifs (C(OH)–C–C–N with tert-alkyl or cyclic N) is 1. The lowest BCUT2D eigenvalue weighted by atomic mass is 9.97. The number of hydrogen-bond acceptors (Lipinski definition) is 6. The Labute approximate surface area is 147 Å². The zero-order chi connectivity index (χ0) is 18.0. The molecule has 3 N–H and O–H groups in total. The second-order valence-electron chi connectivity index (χ2n) is 7.77. The summed E-state index contributed by atoms with van der Waals surface area (Å²) >= 11 is 0. The summed E-state index contributed by atoms with van der Waals surface area (Å²) in [6.45, 7) is 9.88. The summed E-state index contributed by atoms with van der Waals surface area (Å²) in [5.41, 5.74) is 0.205. The molecule has 3 heterocycles. The lowest BCUT2D eigenvalue weighted by molar-refractivity contribution is 0.151. The Morgan fingerprint density at radius 1 is 1.36 bits per heavy atom. The molecule has 138 valence electrons. The molecule has 3 rings (SSSR count). The lowest BCUT2D eigenvalue weighted by Gasteiger charge is -2.31. The Kier molecular flexibility index (Phi) is 5.10. The minimum atomic E-state index is -0.237. The first-order valence-electron chi connectivity index (χ1n) is 8.94. The van der Waals surface area contributed by atoms with Crippen LogP contribution in [0.5, 0.6) is 0 Å². The highest BCUT2D eigenvalue weighted by Gasteiger charge is 2.21. The Bertz CT molecular complexity index is 768. The van der Waals surface area contributed by atoms with E-state index in [0.29, 0.717) is 22.9 Å². The molecule has 0 aliphatic carbocycles. The fourth-order valence-electron chi connectivity index (χ4n) is 3.29. The van der Waals surface area contributed by atoms with Crippen molar-refractivity contribution in [2.45, 2.75) is 39.2 Å². The predicted molar refractivity (Wildman–Crippen MR) is 97.9 cm³/mol. The number of piperidine rings is 1. The van der Waals surface area contributed by atoms with Crippen molar-refractivity contribution in [2.75, 3.05) is 38.1 Å². The van der Waals surface area contributed by atoms with E-state index in [-0.39, 0.29) is 17.7 Å². The van der Waals surface area contributed by atoms with E-state index in [4.69, 9.17) is 5.11 Å². The van der Waals surface area contributed by atoms with Crippen LogP contribution < -0.4 is 10.9 Å². The third kappa shape index (κ3) is 4.01. The molecule has 0 amide bonds. The molecule has 0 radical (unpaired) electrons. The first kappa shape index (κ1) is 17.9. The Hall–Kier alpha value is -1.93. The molecule has 1 aliphatic heterocycles. The van der Waals surface area contributed by atoms with Crippen molar-refractivity contribution in [1.82, 2.24) is 24.6 Å². The van der Waals surface area contributed by atoms with Crippen LogP contribution in [0.3, 0.4) is 0 Å². The van der Waals surface area contributed by atoms with Gasteiger partial charge in [-0.15, -0.1) is 0 Å². The summed E-state index contributed by atoms with van der Waals surface area (Å²) < 4.78 is 1.79. The summed E-state index contributed by atoms with van der Waals surface area (Å²) in [5.74, 6) is 1.05. The monoisotopic (exact) mass is 348 g/mol. The van der Waals surface area contributed by atoms with Gasteiger partial charge in [-0.05, 0) is 52.6 Å². The van der Waals surface area contributed by atoms with Crippen LogP contribution in [0.4, 0.5) is 5.95 Å². The molecule has 0 saturated carbocycles. The lowest BCUT2D eigenvalue weighted by Crippen LogP contribution is -2.37. The average molecular weight is 348 g/mol. The van der Waals surface area contributed by atoms with Crippen LogP contribution in [-0.4, -0.2) is 62.5 Å². The molecule has 8 heteroatoms. The Morgan fingerprint density at radius 3 is 2.72 bits per heavy atom. The van der Waals surface area contributed by atoms with Crippen LogP contribution in [0.25, 0.3) is 11.0 Å². The molecule has 0 spiro atoms. The minimum Gasteiger partial charge on any atom is -0.395 e. The van der Waals surface area contributed by atoms with Crippen molar-refractivity contribution < 1.29 is 5.11 Å². The van der Waals surface area contributed by atoms with Crippen LogP contribution >= 0.6 is 0 Å². The minimum absolute atomic E-state index is 0.166. The van der Waals surface area contributed by atoms with Gasteiger partial charge in [0.1, 0.15) is 5.39 Å². The molecule has 1 aliphatic rings. The number of H-pyrrole nitrogens is 1. The molecule has 8 nitrogen and oxygen atoms in total. The van der Waals surface area contributed by atoms with E-state index in [2.05, 4.69) is 25.3 Å². The number of hydrogen-bond donors (Lipinski definition) is 3. The predicted octanol–water partition coefficient (Wildman–Crippen LogP) is 0.991. The van der Waals surface area contributed by atoms with Gasteiger partial charge >= 0.3 is 0 Å². The number of aliphatic hydroxyl groups is 1. The van der Waals surface area contributed by atoms with E-state index in [9.17, 15) is 4.79 Å². The standard InChI is InChI=1S/C17H28N6O2/c1-17(2,3)23-14-13(11-19-23)15(25)21-16(20-14)18-10-12-4-6-22(7-5-12)8-9-24/h11-12,24H,4-10H2,1-3H3,(H2,18,20,21,25). The molecule has 0 aromatic carbocycles. The third-order valence-electron chi connectivity index (χ3n) is 4.76. The number of rotatable bonds is 5. The van der Waals surface area contributed by atoms with E-state index >= 15 is 0 Å². The van der Waals surface area contributed by atoms with Gasteiger partial charge in [0, 0.05) is 13.1 Å². The number of aromatic nitrogens is 4. The number of nitrogens with zero attached hydrogens (tertiary/aromatic N) is 4. The summed E-state index contributed by atoms with van der Waals surface area (Å²) in [6.07, 6.45) is 3.74. The van der Waals surface area contributed by atoms with E-state index in [1.807, 2.05) is 20.8 Å². The summed E-state index contributed by atoms with van der Waals surface area (Å²) in [4.78, 5) is 22.0. The maximum Gasteiger partial charge on any atom is 0.263 e. The number of anilines is 1. The van der Waals surface area contributed by atoms with Crippen molar-refractivity contribution in [3.63, 3.8) is 0 Å². The highest BCUT2D eigenvalue weighted by Crippen LogP contribution is 2.20. The Balaban J connectivity index is 1.69. The van der Waals surface area contributed by atoms with Gasteiger partial charge in [0.2, 0.25) is 5.95 Å². The molecule has 2 aromatic heterocycles. The van der Waals surface area contributed by atoms with Crippen LogP contribution in [0.15, 0.2) is 11.0 Å². The topological polar surface area (TPSA) is 99.1 Å². The highest BCUT2D eigenvalue weighted by atomic mass is 16.3. The molecule has 0 unspecified atom stereocenters. The largest absolute Gasteiger partial charge is 0.395 e. The number of fused-ring (bicyclic) bond motifs is 1. The molecule has 0 atom stereocenters. The van der Waals surface area contributed by atoms with Gasteiger partial charge in [-0.1, -0.05) is 0 Å². The summed E-state index contributed by atoms with van der Waals surface area (Å²) in [6, 6.07) is 0. The van der Waals surface area contributed by atoms with Gasteiger partial charge in [-0.2, -0.15) is 10.1 Å². The van der Waals surface area contributed by atoms with Crippen molar-refractivity contribution >= 4 is 17.0 Å². The second-order valence-corrected chi connectivity index (χ2v) is 7.77. The van der Waals surface area contributed by atoms with E-state index in [1.165, 1.54) is 0 Å². The fraction of sp³-hybridized carbons (Fsp3) is 0.706. The average Bonchev–Trinajstić information content (AvgIpc) is 2.99. The zero-order valence-corrected chi connectivity index (χ0v) is 15.2. The SMILES string of the molecule is CC(C)(C)n1ncc2c(=O)[nH]c(NCC3CCN(CCO)CC3)nc21. The molecule has 1 fully saturated rings. The van der Waals surface area contributed by atoms with Crippen LogP contribution in [0, 0.1) is 5.92 Å². The van der Waals surface area contributed by atoms with Gasteiger partial charge in [0.05, 0.1) is 18.3 Å². The summed E-state index contributed by atoms with van der Waals surface area (Å²) in [7, 11) is 0. The first-order chi connectivity index (χ1) is 11.9. The number of likely N-dealkylation sites (tertiary alicyclic amines) is 1. The number of nitrogens with one attached hydrogen (secondary N) is 2. The highest BCUT2D eigenvalue weighted by molar-refractivity contribution is 5.74. The summed E-state index contributed by atoms with van der Waals surface area (Å²) in [5, 5.41) is 17.1. The van der Waals surface area contributed by atoms with Crippen molar-refractivity contribution in [3.8, 4) is 0 Å². The quantitative estimate of drug-likeness (QED) is 0.745. The second kappa shape index (κ2) is 7.13. The molecule has 25 heavy (non-hydrogen) atoms. The van der Waals surface area contributed by atoms with Gasteiger partial charge in [0.25, 0.3) is 5.56 Å². The molecule has 2 aromatic rings. The molecule has 0 bridgehead atoms. The normalized spacial score (nSPS) is 17.3. The van der Waals surface area contributed by atoms with E-state index < -0.39 is 0 Å². The van der Waals surface area contributed by atoms with Crippen molar-refractivity contribution in [1.29, 1.82) is 0 Å². The fourth-order valence-corrected chi connectivity index (χ4v) is 3.29. The van der Waals surface area contributed by atoms with Gasteiger partial charge in [-0.3, -0.25) is 9.78 Å². The van der Waals surface area contributed by atoms with Crippen LogP contribution in [-0.2, 0) is 5.54 Å². The zero-order valence-electron chi connectivity index (χ0n) is 15.2. The molecule has 1 saturated heterocycles.